The van der Waals surface area contributed by atoms with Crippen molar-refractivity contribution in [2.75, 3.05) is 18.0 Å². The van der Waals surface area contributed by atoms with Crippen LogP contribution in [0.4, 0.5) is 5.69 Å². The number of pyridine rings is 1. The highest BCUT2D eigenvalue weighted by Gasteiger charge is 2.27. The van der Waals surface area contributed by atoms with Crippen LogP contribution in [0.2, 0.25) is 0 Å². The summed E-state index contributed by atoms with van der Waals surface area (Å²) in [6.45, 7) is 4.91. The van der Waals surface area contributed by atoms with Gasteiger partial charge < -0.3 is 9.80 Å². The number of carbonyl (C=O) groups excluding carboxylic acids is 1. The van der Waals surface area contributed by atoms with Gasteiger partial charge in [0.25, 0.3) is 5.91 Å². The van der Waals surface area contributed by atoms with Crippen molar-refractivity contribution in [1.29, 1.82) is 0 Å². The minimum Gasteiger partial charge on any atom is -0.366 e. The number of piperidine rings is 1. The molecule has 0 radical (unpaired) electrons. The van der Waals surface area contributed by atoms with Gasteiger partial charge in [-0.1, -0.05) is 31.2 Å². The van der Waals surface area contributed by atoms with Crippen molar-refractivity contribution in [2.24, 2.45) is 0 Å². The minimum atomic E-state index is 0.142. The SMILES string of the molecule is CCC1CCCCN1C(=O)c1cncc(N2CCc3ccccc3C2)c1. The number of likely N-dealkylation sites (tertiary alicyclic amines) is 1. The lowest BCUT2D eigenvalue weighted by Crippen LogP contribution is -2.43. The Morgan fingerprint density at radius 2 is 2.00 bits per heavy atom. The standard InChI is InChI=1S/C22H27N3O/c1-2-20-9-5-6-11-25(20)22(26)19-13-21(15-23-14-19)24-12-10-17-7-3-4-8-18(17)16-24/h3-4,7-8,13-15,20H,2,5-6,9-12,16H2,1H3. The second-order valence-corrected chi connectivity index (χ2v) is 7.43. The first-order valence-electron chi connectivity index (χ1n) is 9.84. The van der Waals surface area contributed by atoms with Crippen LogP contribution in [0.15, 0.2) is 42.7 Å². The molecule has 1 atom stereocenters. The van der Waals surface area contributed by atoms with Gasteiger partial charge in [0.05, 0.1) is 17.4 Å². The van der Waals surface area contributed by atoms with E-state index in [9.17, 15) is 4.79 Å². The number of amides is 1. The zero-order valence-electron chi connectivity index (χ0n) is 15.5. The first kappa shape index (κ1) is 17.1. The predicted octanol–water partition coefficient (Wildman–Crippen LogP) is 4.05. The zero-order valence-corrected chi connectivity index (χ0v) is 15.5. The van der Waals surface area contributed by atoms with Gasteiger partial charge in [0.2, 0.25) is 0 Å². The monoisotopic (exact) mass is 349 g/mol. The van der Waals surface area contributed by atoms with Crippen LogP contribution in [0.3, 0.4) is 0 Å². The van der Waals surface area contributed by atoms with E-state index in [4.69, 9.17) is 0 Å². The second-order valence-electron chi connectivity index (χ2n) is 7.43. The van der Waals surface area contributed by atoms with Crippen molar-refractivity contribution in [3.05, 3.63) is 59.4 Å². The third kappa shape index (κ3) is 3.33. The van der Waals surface area contributed by atoms with Gasteiger partial charge in [0.1, 0.15) is 0 Å². The van der Waals surface area contributed by atoms with Gasteiger partial charge in [-0.25, -0.2) is 0 Å². The highest BCUT2D eigenvalue weighted by atomic mass is 16.2. The summed E-state index contributed by atoms with van der Waals surface area (Å²) >= 11 is 0. The fraction of sp³-hybridized carbons (Fsp3) is 0.455. The first-order valence-corrected chi connectivity index (χ1v) is 9.84. The minimum absolute atomic E-state index is 0.142. The van der Waals surface area contributed by atoms with Gasteiger partial charge in [0.15, 0.2) is 0 Å². The molecule has 1 amide bonds. The number of aromatic nitrogens is 1. The normalized spacial score (nSPS) is 20.0. The van der Waals surface area contributed by atoms with Crippen LogP contribution in [0.5, 0.6) is 0 Å². The lowest BCUT2D eigenvalue weighted by molar-refractivity contribution is 0.0607. The maximum Gasteiger partial charge on any atom is 0.255 e. The number of carbonyl (C=O) groups is 1. The van der Waals surface area contributed by atoms with Crippen LogP contribution in [-0.4, -0.2) is 34.9 Å². The van der Waals surface area contributed by atoms with E-state index < -0.39 is 0 Å². The third-order valence-electron chi connectivity index (χ3n) is 5.83. The molecule has 0 N–H and O–H groups in total. The fourth-order valence-electron chi connectivity index (χ4n) is 4.29. The van der Waals surface area contributed by atoms with Crippen LogP contribution in [-0.2, 0) is 13.0 Å². The Morgan fingerprint density at radius 3 is 2.85 bits per heavy atom. The molecule has 3 heterocycles. The molecule has 136 valence electrons. The maximum atomic E-state index is 13.1. The molecule has 2 aliphatic rings. The Hall–Kier alpha value is -2.36. The van der Waals surface area contributed by atoms with Crippen molar-refractivity contribution >= 4 is 11.6 Å². The van der Waals surface area contributed by atoms with Crippen LogP contribution < -0.4 is 4.90 Å². The van der Waals surface area contributed by atoms with Crippen LogP contribution in [0, 0.1) is 0 Å². The molecule has 26 heavy (non-hydrogen) atoms. The number of hydrogen-bond donors (Lipinski definition) is 0. The van der Waals surface area contributed by atoms with E-state index in [0.29, 0.717) is 6.04 Å². The molecule has 4 heteroatoms. The second kappa shape index (κ2) is 7.48. The summed E-state index contributed by atoms with van der Waals surface area (Å²) in [6, 6.07) is 11.0. The van der Waals surface area contributed by atoms with Crippen molar-refractivity contribution < 1.29 is 4.79 Å². The van der Waals surface area contributed by atoms with E-state index in [1.165, 1.54) is 17.5 Å². The molecular formula is C22H27N3O. The van der Waals surface area contributed by atoms with Gasteiger partial charge in [-0.3, -0.25) is 9.78 Å². The Labute approximate surface area is 155 Å². The van der Waals surface area contributed by atoms with Crippen molar-refractivity contribution in [3.63, 3.8) is 0 Å². The Morgan fingerprint density at radius 1 is 1.15 bits per heavy atom. The molecule has 1 saturated heterocycles. The van der Waals surface area contributed by atoms with Crippen molar-refractivity contribution in [3.8, 4) is 0 Å². The number of benzene rings is 1. The molecule has 0 spiro atoms. The van der Waals surface area contributed by atoms with Crippen LogP contribution in [0.25, 0.3) is 0 Å². The van der Waals surface area contributed by atoms with E-state index in [1.54, 1.807) is 6.20 Å². The molecule has 0 saturated carbocycles. The summed E-state index contributed by atoms with van der Waals surface area (Å²) in [4.78, 5) is 21.9. The van der Waals surface area contributed by atoms with E-state index in [1.807, 2.05) is 12.3 Å². The number of rotatable bonds is 3. The molecule has 4 nitrogen and oxygen atoms in total. The molecule has 0 aliphatic carbocycles. The number of fused-ring (bicyclic) bond motifs is 1. The van der Waals surface area contributed by atoms with Gasteiger partial charge in [0, 0.05) is 31.9 Å². The zero-order chi connectivity index (χ0) is 17.9. The van der Waals surface area contributed by atoms with Crippen LogP contribution in [0.1, 0.15) is 54.1 Å². The summed E-state index contributed by atoms with van der Waals surface area (Å²) in [6.07, 6.45) is 9.15. The quantitative estimate of drug-likeness (QED) is 0.839. The molecule has 1 aromatic heterocycles. The molecule has 2 aliphatic heterocycles. The Kier molecular flexibility index (Phi) is 4.91. The molecule has 2 aromatic rings. The Bertz CT molecular complexity index is 788. The molecular weight excluding hydrogens is 322 g/mol. The molecule has 1 aromatic carbocycles. The number of anilines is 1. The highest BCUT2D eigenvalue weighted by molar-refractivity contribution is 5.95. The largest absolute Gasteiger partial charge is 0.366 e. The maximum absolute atomic E-state index is 13.1. The highest BCUT2D eigenvalue weighted by Crippen LogP contribution is 2.26. The molecule has 4 rings (SSSR count). The lowest BCUT2D eigenvalue weighted by Gasteiger charge is -2.35. The van der Waals surface area contributed by atoms with E-state index in [2.05, 4.69) is 46.0 Å². The Balaban J connectivity index is 1.54. The van der Waals surface area contributed by atoms with Gasteiger partial charge in [-0.15, -0.1) is 0 Å². The molecule has 1 fully saturated rings. The number of hydrogen-bond acceptors (Lipinski definition) is 3. The number of nitrogens with zero attached hydrogens (tertiary/aromatic N) is 3. The van der Waals surface area contributed by atoms with E-state index >= 15 is 0 Å². The van der Waals surface area contributed by atoms with Crippen molar-refractivity contribution in [2.45, 2.75) is 51.6 Å². The summed E-state index contributed by atoms with van der Waals surface area (Å²) in [5, 5.41) is 0. The molecule has 1 unspecified atom stereocenters. The average Bonchev–Trinajstić information content (AvgIpc) is 2.73. The third-order valence-corrected chi connectivity index (χ3v) is 5.83. The van der Waals surface area contributed by atoms with Crippen LogP contribution >= 0.6 is 0 Å². The lowest BCUT2D eigenvalue weighted by atomic mass is 9.98. The van der Waals surface area contributed by atoms with Gasteiger partial charge in [-0.2, -0.15) is 0 Å². The summed E-state index contributed by atoms with van der Waals surface area (Å²) in [7, 11) is 0. The molecule has 0 bridgehead atoms. The van der Waals surface area contributed by atoms with E-state index in [-0.39, 0.29) is 5.91 Å². The summed E-state index contributed by atoms with van der Waals surface area (Å²) < 4.78 is 0. The average molecular weight is 349 g/mol. The topological polar surface area (TPSA) is 36.4 Å². The van der Waals surface area contributed by atoms with E-state index in [0.717, 1.165) is 56.6 Å². The smallest absolute Gasteiger partial charge is 0.255 e. The summed E-state index contributed by atoms with van der Waals surface area (Å²) in [5.74, 6) is 0.142. The summed E-state index contributed by atoms with van der Waals surface area (Å²) in [5.41, 5.74) is 4.58. The predicted molar refractivity (Wildman–Crippen MR) is 104 cm³/mol. The van der Waals surface area contributed by atoms with Gasteiger partial charge in [-0.05, 0) is 49.3 Å². The van der Waals surface area contributed by atoms with Crippen molar-refractivity contribution in [1.82, 2.24) is 9.88 Å². The van der Waals surface area contributed by atoms with Gasteiger partial charge >= 0.3 is 0 Å². The first-order chi connectivity index (χ1) is 12.8. The fourth-order valence-corrected chi connectivity index (χ4v) is 4.29.